The molecule has 0 aromatic rings. The molecule has 90 valence electrons. The Hall–Kier alpha value is -0.260. The topological polar surface area (TPSA) is 58.6 Å². The molecule has 0 radical (unpaired) electrons. The van der Waals surface area contributed by atoms with Gasteiger partial charge < -0.3 is 15.2 Å². The Bertz CT molecular complexity index is 184. The molecule has 0 saturated carbocycles. The van der Waals surface area contributed by atoms with Crippen LogP contribution in [0.4, 0.5) is 0 Å². The number of esters is 1. The quantitative estimate of drug-likeness (QED) is 0.634. The fraction of sp³-hybridized carbons (Fsp3) is 0.900. The second kappa shape index (κ2) is 7.96. The minimum Gasteiger partial charge on any atom is -0.462 e. The van der Waals surface area contributed by atoms with E-state index in [0.717, 1.165) is 0 Å². The summed E-state index contributed by atoms with van der Waals surface area (Å²) in [7, 11) is 0. The zero-order valence-electron chi connectivity index (χ0n) is 9.82. The number of aliphatic hydroxyl groups excluding tert-OH is 1. The smallest absolute Gasteiger partial charge is 0.320 e. The third-order valence-corrected chi connectivity index (χ3v) is 3.14. The number of nitrogens with one attached hydrogen (secondary N) is 1. The van der Waals surface area contributed by atoms with E-state index in [0.29, 0.717) is 0 Å². The maximum absolute atomic E-state index is 11.2. The molecule has 0 aromatic heterocycles. The molecule has 4 nitrogen and oxygen atoms in total. The number of thioether (sulfide) groups is 1. The molecule has 0 heterocycles. The lowest BCUT2D eigenvalue weighted by atomic mass is 10.2. The number of carbonyl (C=O) groups is 1. The van der Waals surface area contributed by atoms with Crippen LogP contribution in [-0.2, 0) is 9.53 Å². The molecule has 2 unspecified atom stereocenters. The van der Waals surface area contributed by atoms with Crippen LogP contribution < -0.4 is 5.32 Å². The van der Waals surface area contributed by atoms with Gasteiger partial charge in [0.15, 0.2) is 0 Å². The van der Waals surface area contributed by atoms with Crippen LogP contribution in [0.25, 0.3) is 0 Å². The van der Waals surface area contributed by atoms with Gasteiger partial charge in [0.1, 0.15) is 0 Å². The monoisotopic (exact) mass is 235 g/mol. The Morgan fingerprint density at radius 1 is 1.47 bits per heavy atom. The average Bonchev–Trinajstić information content (AvgIpc) is 2.15. The van der Waals surface area contributed by atoms with E-state index in [1.165, 1.54) is 0 Å². The second-order valence-electron chi connectivity index (χ2n) is 3.66. The molecule has 0 amide bonds. The lowest BCUT2D eigenvalue weighted by Crippen LogP contribution is -2.41. The van der Waals surface area contributed by atoms with Gasteiger partial charge in [-0.1, -0.05) is 0 Å². The molecule has 0 rings (SSSR count). The molecular formula is C10H21NO3S. The molecule has 5 heteroatoms. The fourth-order valence-corrected chi connectivity index (χ4v) is 1.77. The van der Waals surface area contributed by atoms with Crippen molar-refractivity contribution in [3.8, 4) is 0 Å². The van der Waals surface area contributed by atoms with Gasteiger partial charge in [-0.15, -0.1) is 0 Å². The van der Waals surface area contributed by atoms with Gasteiger partial charge in [0, 0.05) is 11.3 Å². The summed E-state index contributed by atoms with van der Waals surface area (Å²) in [6.07, 6.45) is 1.86. The van der Waals surface area contributed by atoms with E-state index in [1.807, 2.05) is 27.0 Å². The van der Waals surface area contributed by atoms with Crippen LogP contribution in [0.15, 0.2) is 0 Å². The summed E-state index contributed by atoms with van der Waals surface area (Å²) in [5, 5.41) is 12.2. The van der Waals surface area contributed by atoms with Gasteiger partial charge in [-0.25, -0.2) is 0 Å². The van der Waals surface area contributed by atoms with Crippen LogP contribution in [-0.4, -0.2) is 47.9 Å². The Morgan fingerprint density at radius 2 is 2.07 bits per heavy atom. The fourth-order valence-electron chi connectivity index (χ4n) is 1.12. The number of rotatable bonds is 7. The lowest BCUT2D eigenvalue weighted by molar-refractivity contribution is -0.146. The largest absolute Gasteiger partial charge is 0.462 e. The Balaban J connectivity index is 3.78. The first kappa shape index (κ1) is 14.7. The van der Waals surface area contributed by atoms with Gasteiger partial charge in [0.2, 0.25) is 0 Å². The number of aliphatic hydroxyl groups is 1. The van der Waals surface area contributed by atoms with Gasteiger partial charge >= 0.3 is 5.97 Å². The maximum atomic E-state index is 11.2. The number of hydrogen-bond acceptors (Lipinski definition) is 5. The molecule has 2 N–H and O–H groups in total. The van der Waals surface area contributed by atoms with E-state index in [2.05, 4.69) is 5.32 Å². The zero-order valence-corrected chi connectivity index (χ0v) is 10.6. The molecule has 0 fully saturated rings. The van der Waals surface area contributed by atoms with Crippen LogP contribution in [0.1, 0.15) is 20.8 Å². The third-order valence-electron chi connectivity index (χ3n) is 1.98. The van der Waals surface area contributed by atoms with Crippen molar-refractivity contribution in [2.24, 2.45) is 0 Å². The molecule has 0 aliphatic heterocycles. The lowest BCUT2D eigenvalue weighted by Gasteiger charge is -2.21. The summed E-state index contributed by atoms with van der Waals surface area (Å²) in [4.78, 5) is 11.2. The van der Waals surface area contributed by atoms with Crippen molar-refractivity contribution in [3.05, 3.63) is 0 Å². The summed E-state index contributed by atoms with van der Waals surface area (Å²) >= 11 is 1.58. The SMILES string of the molecule is CSC(CO)C(C)NCC(=O)OC(C)C. The van der Waals surface area contributed by atoms with Gasteiger partial charge in [0.05, 0.1) is 19.3 Å². The van der Waals surface area contributed by atoms with Gasteiger partial charge in [0.25, 0.3) is 0 Å². The third kappa shape index (κ3) is 6.76. The maximum Gasteiger partial charge on any atom is 0.320 e. The minimum absolute atomic E-state index is 0.0798. The van der Waals surface area contributed by atoms with Crippen molar-refractivity contribution in [2.75, 3.05) is 19.4 Å². The molecule has 2 atom stereocenters. The Kier molecular flexibility index (Phi) is 7.82. The highest BCUT2D eigenvalue weighted by atomic mass is 32.2. The van der Waals surface area contributed by atoms with E-state index in [9.17, 15) is 4.79 Å². The predicted molar refractivity (Wildman–Crippen MR) is 63.1 cm³/mol. The highest BCUT2D eigenvalue weighted by Crippen LogP contribution is 2.09. The van der Waals surface area contributed by atoms with Gasteiger partial charge in [-0.3, -0.25) is 4.79 Å². The van der Waals surface area contributed by atoms with E-state index in [4.69, 9.17) is 9.84 Å². The summed E-state index contributed by atoms with van der Waals surface area (Å²) in [5.41, 5.74) is 0. The van der Waals surface area contributed by atoms with Crippen molar-refractivity contribution in [3.63, 3.8) is 0 Å². The first-order valence-corrected chi connectivity index (χ1v) is 6.36. The zero-order chi connectivity index (χ0) is 11.8. The van der Waals surface area contributed by atoms with E-state index < -0.39 is 0 Å². The normalized spacial score (nSPS) is 15.1. The standard InChI is InChI=1S/C10H21NO3S/c1-7(2)14-10(13)5-11-8(3)9(6-12)15-4/h7-9,11-12H,5-6H2,1-4H3. The predicted octanol–water partition coefficient (Wildman–Crippen LogP) is 0.640. The van der Waals surface area contributed by atoms with Crippen LogP contribution in [0, 0.1) is 0 Å². The molecule has 0 aliphatic carbocycles. The van der Waals surface area contributed by atoms with Crippen LogP contribution in [0.5, 0.6) is 0 Å². The molecule has 0 bridgehead atoms. The van der Waals surface area contributed by atoms with Crippen LogP contribution in [0.3, 0.4) is 0 Å². The molecule has 0 saturated heterocycles. The molecule has 0 aliphatic rings. The van der Waals surface area contributed by atoms with E-state index >= 15 is 0 Å². The van der Waals surface area contributed by atoms with Crippen LogP contribution in [0.2, 0.25) is 0 Å². The van der Waals surface area contributed by atoms with Crippen molar-refractivity contribution < 1.29 is 14.6 Å². The van der Waals surface area contributed by atoms with Gasteiger partial charge in [-0.2, -0.15) is 11.8 Å². The molecular weight excluding hydrogens is 214 g/mol. The first-order valence-electron chi connectivity index (χ1n) is 5.07. The molecule has 0 aromatic carbocycles. The summed E-state index contributed by atoms with van der Waals surface area (Å²) < 4.78 is 4.98. The summed E-state index contributed by atoms with van der Waals surface area (Å²) in [5.74, 6) is -0.255. The van der Waals surface area contributed by atoms with E-state index in [-0.39, 0.29) is 36.5 Å². The van der Waals surface area contributed by atoms with Gasteiger partial charge in [-0.05, 0) is 27.0 Å². The van der Waals surface area contributed by atoms with E-state index in [1.54, 1.807) is 11.8 Å². The molecule has 0 spiro atoms. The average molecular weight is 235 g/mol. The van der Waals surface area contributed by atoms with Crippen molar-refractivity contribution in [1.29, 1.82) is 0 Å². The Morgan fingerprint density at radius 3 is 2.47 bits per heavy atom. The van der Waals surface area contributed by atoms with Crippen molar-refractivity contribution in [2.45, 2.75) is 38.2 Å². The van der Waals surface area contributed by atoms with Crippen molar-refractivity contribution >= 4 is 17.7 Å². The second-order valence-corrected chi connectivity index (χ2v) is 4.74. The first-order chi connectivity index (χ1) is 7.01. The highest BCUT2D eigenvalue weighted by molar-refractivity contribution is 7.99. The molecule has 15 heavy (non-hydrogen) atoms. The highest BCUT2D eigenvalue weighted by Gasteiger charge is 2.16. The summed E-state index contributed by atoms with van der Waals surface area (Å²) in [6, 6.07) is 0.0877. The van der Waals surface area contributed by atoms with Crippen LogP contribution >= 0.6 is 11.8 Å². The minimum atomic E-state index is -0.255. The number of ether oxygens (including phenoxy) is 1. The number of carbonyl (C=O) groups excluding carboxylic acids is 1. The number of hydrogen-bond donors (Lipinski definition) is 2. The Labute approximate surface area is 95.8 Å². The summed E-state index contributed by atoms with van der Waals surface area (Å²) in [6.45, 7) is 5.88. The van der Waals surface area contributed by atoms with Crippen molar-refractivity contribution in [1.82, 2.24) is 5.32 Å².